The van der Waals surface area contributed by atoms with E-state index in [4.69, 9.17) is 4.74 Å². The first-order valence-electron chi connectivity index (χ1n) is 7.09. The van der Waals surface area contributed by atoms with Crippen LogP contribution >= 0.6 is 12.4 Å². The molecule has 1 amide bonds. The van der Waals surface area contributed by atoms with Gasteiger partial charge in [-0.2, -0.15) is 0 Å². The van der Waals surface area contributed by atoms with Crippen molar-refractivity contribution < 1.29 is 9.53 Å². The number of carbonyl (C=O) groups excluding carboxylic acids is 1. The maximum Gasteiger partial charge on any atom is 0.238 e. The molecule has 21 heavy (non-hydrogen) atoms. The number of nitrogens with zero attached hydrogens (tertiary/aromatic N) is 1. The smallest absolute Gasteiger partial charge is 0.238 e. The maximum absolute atomic E-state index is 11.4. The van der Waals surface area contributed by atoms with Crippen LogP contribution in [0.4, 0.5) is 5.69 Å². The summed E-state index contributed by atoms with van der Waals surface area (Å²) in [5, 5.41) is 5.60. The molecule has 1 aromatic rings. The molecule has 2 N–H and O–H groups in total. The highest BCUT2D eigenvalue weighted by molar-refractivity contribution is 5.92. The van der Waals surface area contributed by atoms with Crippen LogP contribution in [-0.2, 0) is 4.79 Å². The minimum absolute atomic E-state index is 0. The van der Waals surface area contributed by atoms with Crippen molar-refractivity contribution in [2.24, 2.45) is 0 Å². The molecule has 0 bridgehead atoms. The van der Waals surface area contributed by atoms with Crippen molar-refractivity contribution in [1.82, 2.24) is 10.2 Å². The monoisotopic (exact) mass is 315 g/mol. The first kappa shape index (κ1) is 19.7. The lowest BCUT2D eigenvalue weighted by molar-refractivity contribution is -0.115. The molecule has 0 heterocycles. The second-order valence-corrected chi connectivity index (χ2v) is 4.48. The summed E-state index contributed by atoms with van der Waals surface area (Å²) in [6, 6.07) is 7.44. The summed E-state index contributed by atoms with van der Waals surface area (Å²) >= 11 is 0. The summed E-state index contributed by atoms with van der Waals surface area (Å²) in [5.74, 6) is 0.770. The van der Waals surface area contributed by atoms with Crippen molar-refractivity contribution in [3.05, 3.63) is 24.3 Å². The lowest BCUT2D eigenvalue weighted by Gasteiger charge is -2.18. The summed E-state index contributed by atoms with van der Waals surface area (Å²) < 4.78 is 5.68. The fourth-order valence-electron chi connectivity index (χ4n) is 1.83. The largest absolute Gasteiger partial charge is 0.492 e. The van der Waals surface area contributed by atoms with E-state index in [1.165, 1.54) is 0 Å². The van der Waals surface area contributed by atoms with Crippen LogP contribution in [0.2, 0.25) is 0 Å². The fraction of sp³-hybridized carbons (Fsp3) is 0.533. The predicted molar refractivity (Wildman–Crippen MR) is 89.5 cm³/mol. The van der Waals surface area contributed by atoms with Crippen molar-refractivity contribution in [3.63, 3.8) is 0 Å². The Hall–Kier alpha value is -1.30. The molecule has 0 radical (unpaired) electrons. The lowest BCUT2D eigenvalue weighted by atomic mass is 10.3. The number of anilines is 1. The van der Waals surface area contributed by atoms with Gasteiger partial charge in [0.1, 0.15) is 12.4 Å². The summed E-state index contributed by atoms with van der Waals surface area (Å²) in [6.45, 7) is 8.27. The number of benzene rings is 1. The maximum atomic E-state index is 11.4. The Morgan fingerprint density at radius 1 is 1.19 bits per heavy atom. The summed E-state index contributed by atoms with van der Waals surface area (Å²) in [7, 11) is 1.74. The third-order valence-electron chi connectivity index (χ3n) is 3.05. The normalized spacial score (nSPS) is 10.1. The van der Waals surface area contributed by atoms with Gasteiger partial charge in [0.15, 0.2) is 0 Å². The van der Waals surface area contributed by atoms with E-state index in [9.17, 15) is 4.79 Å². The number of hydrogen-bond acceptors (Lipinski definition) is 4. The number of carbonyl (C=O) groups is 1. The van der Waals surface area contributed by atoms with E-state index < -0.39 is 0 Å². The molecule has 1 aromatic carbocycles. The van der Waals surface area contributed by atoms with Gasteiger partial charge in [-0.15, -0.1) is 12.4 Å². The van der Waals surface area contributed by atoms with Crippen molar-refractivity contribution in [2.75, 3.05) is 45.2 Å². The van der Waals surface area contributed by atoms with Crippen LogP contribution in [0, 0.1) is 0 Å². The van der Waals surface area contributed by atoms with Gasteiger partial charge in [-0.1, -0.05) is 13.8 Å². The SMILES string of the molecule is CCN(CC)CCOc1ccc(NC(=O)CNC)cc1.Cl. The molecular weight excluding hydrogens is 290 g/mol. The molecule has 0 aromatic heterocycles. The molecule has 6 heteroatoms. The van der Waals surface area contributed by atoms with Gasteiger partial charge >= 0.3 is 0 Å². The molecule has 120 valence electrons. The average molecular weight is 316 g/mol. The zero-order chi connectivity index (χ0) is 14.8. The van der Waals surface area contributed by atoms with E-state index in [1.54, 1.807) is 7.05 Å². The highest BCUT2D eigenvalue weighted by Crippen LogP contribution is 2.15. The van der Waals surface area contributed by atoms with Crippen LogP contribution in [0.5, 0.6) is 5.75 Å². The van der Waals surface area contributed by atoms with E-state index in [0.29, 0.717) is 13.2 Å². The molecule has 0 spiro atoms. The number of hydrogen-bond donors (Lipinski definition) is 2. The standard InChI is InChI=1S/C15H25N3O2.ClH/c1-4-18(5-2)10-11-20-14-8-6-13(7-9-14)17-15(19)12-16-3;/h6-9,16H,4-5,10-12H2,1-3H3,(H,17,19);1H. The Bertz CT molecular complexity index is 394. The first-order chi connectivity index (χ1) is 9.69. The molecule has 5 nitrogen and oxygen atoms in total. The van der Waals surface area contributed by atoms with Gasteiger partial charge < -0.3 is 20.3 Å². The van der Waals surface area contributed by atoms with E-state index >= 15 is 0 Å². The average Bonchev–Trinajstić information content (AvgIpc) is 2.45. The quantitative estimate of drug-likeness (QED) is 0.732. The Balaban J connectivity index is 0.00000400. The first-order valence-corrected chi connectivity index (χ1v) is 7.09. The van der Waals surface area contributed by atoms with Crippen LogP contribution in [0.1, 0.15) is 13.8 Å². The third kappa shape index (κ3) is 7.90. The summed E-state index contributed by atoms with van der Waals surface area (Å²) in [6.07, 6.45) is 0. The van der Waals surface area contributed by atoms with E-state index in [0.717, 1.165) is 31.1 Å². The van der Waals surface area contributed by atoms with Crippen molar-refractivity contribution in [1.29, 1.82) is 0 Å². The van der Waals surface area contributed by atoms with Gasteiger partial charge in [-0.25, -0.2) is 0 Å². The zero-order valence-corrected chi connectivity index (χ0v) is 13.8. The highest BCUT2D eigenvalue weighted by Gasteiger charge is 2.02. The Morgan fingerprint density at radius 3 is 2.33 bits per heavy atom. The topological polar surface area (TPSA) is 53.6 Å². The molecule has 0 atom stereocenters. The van der Waals surface area contributed by atoms with Gasteiger partial charge in [0.25, 0.3) is 0 Å². The van der Waals surface area contributed by atoms with Crippen LogP contribution in [0.15, 0.2) is 24.3 Å². The van der Waals surface area contributed by atoms with Crippen molar-refractivity contribution in [3.8, 4) is 5.75 Å². The lowest BCUT2D eigenvalue weighted by Crippen LogP contribution is -2.27. The molecule has 0 saturated carbocycles. The van der Waals surface area contributed by atoms with E-state index in [1.807, 2.05) is 24.3 Å². The van der Waals surface area contributed by atoms with Crippen LogP contribution < -0.4 is 15.4 Å². The fourth-order valence-corrected chi connectivity index (χ4v) is 1.83. The van der Waals surface area contributed by atoms with E-state index in [2.05, 4.69) is 29.4 Å². The van der Waals surface area contributed by atoms with Gasteiger partial charge in [0.2, 0.25) is 5.91 Å². The number of nitrogens with one attached hydrogen (secondary N) is 2. The second kappa shape index (κ2) is 11.4. The number of halogens is 1. The van der Waals surface area contributed by atoms with Gasteiger partial charge in [0.05, 0.1) is 6.54 Å². The van der Waals surface area contributed by atoms with Crippen LogP contribution in [0.3, 0.4) is 0 Å². The Morgan fingerprint density at radius 2 is 1.81 bits per heavy atom. The second-order valence-electron chi connectivity index (χ2n) is 4.48. The highest BCUT2D eigenvalue weighted by atomic mass is 35.5. The summed E-state index contributed by atoms with van der Waals surface area (Å²) in [4.78, 5) is 13.7. The molecule has 0 aliphatic heterocycles. The third-order valence-corrected chi connectivity index (χ3v) is 3.05. The predicted octanol–water partition coefficient (Wildman–Crippen LogP) is 1.99. The molecule has 0 aliphatic carbocycles. The minimum Gasteiger partial charge on any atom is -0.492 e. The number of amides is 1. The number of likely N-dealkylation sites (N-methyl/N-ethyl adjacent to an activating group) is 2. The van der Waals surface area contributed by atoms with Gasteiger partial charge in [-0.3, -0.25) is 4.79 Å². The minimum atomic E-state index is -0.0531. The number of rotatable bonds is 9. The molecule has 0 saturated heterocycles. The van der Waals surface area contributed by atoms with Gasteiger partial charge in [-0.05, 0) is 44.4 Å². The zero-order valence-electron chi connectivity index (χ0n) is 13.0. The number of ether oxygens (including phenoxy) is 1. The molecule has 1 rings (SSSR count). The van der Waals surface area contributed by atoms with Crippen molar-refractivity contribution >= 4 is 24.0 Å². The van der Waals surface area contributed by atoms with E-state index in [-0.39, 0.29) is 18.3 Å². The molecule has 0 unspecified atom stereocenters. The van der Waals surface area contributed by atoms with Crippen LogP contribution in [-0.4, -0.2) is 50.6 Å². The van der Waals surface area contributed by atoms with Crippen LogP contribution in [0.25, 0.3) is 0 Å². The van der Waals surface area contributed by atoms with Gasteiger partial charge in [0, 0.05) is 12.2 Å². The molecular formula is C15H26ClN3O2. The Kier molecular flexibility index (Phi) is 10.7. The van der Waals surface area contributed by atoms with Crippen molar-refractivity contribution in [2.45, 2.75) is 13.8 Å². The summed E-state index contributed by atoms with van der Waals surface area (Å²) in [5.41, 5.74) is 0.779. The molecule has 0 aliphatic rings. The Labute approximate surface area is 133 Å². The molecule has 0 fully saturated rings.